The lowest BCUT2D eigenvalue weighted by Gasteiger charge is -2.25. The molecular formula is C13H16ClNO. The third-order valence-corrected chi connectivity index (χ3v) is 3.41. The van der Waals surface area contributed by atoms with Gasteiger partial charge in [-0.25, -0.2) is 0 Å². The summed E-state index contributed by atoms with van der Waals surface area (Å²) in [6.45, 7) is 5.78. The average Bonchev–Trinajstić information content (AvgIpc) is 2.22. The van der Waals surface area contributed by atoms with E-state index in [9.17, 15) is 4.79 Å². The summed E-state index contributed by atoms with van der Waals surface area (Å²) in [5, 5.41) is 2.98. The van der Waals surface area contributed by atoms with Crippen LogP contribution in [-0.4, -0.2) is 11.4 Å². The van der Waals surface area contributed by atoms with E-state index in [0.29, 0.717) is 0 Å². The van der Waals surface area contributed by atoms with Gasteiger partial charge in [-0.05, 0) is 38.3 Å². The van der Waals surface area contributed by atoms with Gasteiger partial charge in [0.1, 0.15) is 4.87 Å². The van der Waals surface area contributed by atoms with Gasteiger partial charge in [0.05, 0.1) is 0 Å². The van der Waals surface area contributed by atoms with Crippen molar-refractivity contribution < 1.29 is 4.79 Å². The van der Waals surface area contributed by atoms with Crippen LogP contribution in [0.25, 0.3) is 0 Å². The van der Waals surface area contributed by atoms with Gasteiger partial charge >= 0.3 is 0 Å². The van der Waals surface area contributed by atoms with Gasteiger partial charge in [0, 0.05) is 5.54 Å². The normalized spacial score (nSPS) is 27.9. The van der Waals surface area contributed by atoms with E-state index in [4.69, 9.17) is 11.6 Å². The number of hydrogen-bond donors (Lipinski definition) is 1. The summed E-state index contributed by atoms with van der Waals surface area (Å²) in [6.07, 6.45) is 0.803. The Labute approximate surface area is 101 Å². The second-order valence-electron chi connectivity index (χ2n) is 5.17. The van der Waals surface area contributed by atoms with E-state index in [1.807, 2.05) is 38.1 Å². The number of hydrogen-bond acceptors (Lipinski definition) is 1. The van der Waals surface area contributed by atoms with Gasteiger partial charge in [-0.2, -0.15) is 0 Å². The molecule has 0 aliphatic carbocycles. The van der Waals surface area contributed by atoms with Gasteiger partial charge < -0.3 is 5.32 Å². The minimum atomic E-state index is -0.968. The largest absolute Gasteiger partial charge is 0.349 e. The predicted octanol–water partition coefficient (Wildman–Crippen LogP) is 2.59. The molecule has 0 aromatic heterocycles. The fraction of sp³-hybridized carbons (Fsp3) is 0.462. The summed E-state index contributed by atoms with van der Waals surface area (Å²) in [6, 6.07) is 7.88. The zero-order chi connectivity index (χ0) is 12.0. The monoisotopic (exact) mass is 237 g/mol. The highest BCUT2D eigenvalue weighted by atomic mass is 35.5. The highest BCUT2D eigenvalue weighted by molar-refractivity contribution is 6.34. The number of carbonyl (C=O) groups is 1. The van der Waals surface area contributed by atoms with Crippen LogP contribution in [0.3, 0.4) is 0 Å². The Hall–Kier alpha value is -1.02. The van der Waals surface area contributed by atoms with E-state index >= 15 is 0 Å². The highest BCUT2D eigenvalue weighted by Gasteiger charge is 2.40. The van der Waals surface area contributed by atoms with E-state index < -0.39 is 4.87 Å². The molecule has 1 aromatic carbocycles. The Morgan fingerprint density at radius 3 is 2.56 bits per heavy atom. The van der Waals surface area contributed by atoms with Gasteiger partial charge in [-0.3, -0.25) is 4.79 Å². The van der Waals surface area contributed by atoms with Crippen LogP contribution in [0.4, 0.5) is 0 Å². The van der Waals surface area contributed by atoms with Crippen LogP contribution < -0.4 is 5.32 Å². The number of halogens is 1. The topological polar surface area (TPSA) is 29.1 Å². The standard InChI is InChI=1S/C13H16ClNO/c1-12(2)8-9-6-4-5-7-10(9)13(3,14)11(16)15-12/h4-7H,8H2,1-3H3,(H,15,16)/t13-/m1/s1. The van der Waals surface area contributed by atoms with Crippen LogP contribution in [-0.2, 0) is 16.1 Å². The Kier molecular flexibility index (Phi) is 2.50. The molecule has 1 heterocycles. The number of benzene rings is 1. The molecule has 1 aliphatic rings. The van der Waals surface area contributed by atoms with Crippen molar-refractivity contribution >= 4 is 17.5 Å². The molecule has 0 spiro atoms. The van der Waals surface area contributed by atoms with Gasteiger partial charge in [0.25, 0.3) is 0 Å². The molecule has 2 rings (SSSR count). The molecule has 0 bridgehead atoms. The van der Waals surface area contributed by atoms with Crippen LogP contribution in [0, 0.1) is 0 Å². The molecule has 0 radical (unpaired) electrons. The number of nitrogens with one attached hydrogen (secondary N) is 1. The van der Waals surface area contributed by atoms with Crippen molar-refractivity contribution in [1.29, 1.82) is 0 Å². The first-order valence-corrected chi connectivity index (χ1v) is 5.81. The van der Waals surface area contributed by atoms with Crippen molar-refractivity contribution in [2.45, 2.75) is 37.6 Å². The molecule has 0 fully saturated rings. The first kappa shape index (κ1) is 11.5. The smallest absolute Gasteiger partial charge is 0.245 e. The molecule has 1 aromatic rings. The molecule has 0 unspecified atom stereocenters. The lowest BCUT2D eigenvalue weighted by atomic mass is 9.90. The summed E-state index contributed by atoms with van der Waals surface area (Å²) in [5.74, 6) is -0.121. The molecular weight excluding hydrogens is 222 g/mol. The number of amides is 1. The Morgan fingerprint density at radius 1 is 1.25 bits per heavy atom. The molecule has 16 heavy (non-hydrogen) atoms. The molecule has 86 valence electrons. The number of alkyl halides is 1. The predicted molar refractivity (Wildman–Crippen MR) is 65.6 cm³/mol. The first-order valence-electron chi connectivity index (χ1n) is 5.43. The van der Waals surface area contributed by atoms with Crippen LogP contribution >= 0.6 is 11.6 Å². The van der Waals surface area contributed by atoms with Crippen molar-refractivity contribution in [3.05, 3.63) is 35.4 Å². The zero-order valence-electron chi connectivity index (χ0n) is 9.80. The fourth-order valence-electron chi connectivity index (χ4n) is 2.20. The number of rotatable bonds is 0. The van der Waals surface area contributed by atoms with Crippen molar-refractivity contribution in [2.75, 3.05) is 0 Å². The quantitative estimate of drug-likeness (QED) is 0.691. The Balaban J connectivity index is 2.61. The van der Waals surface area contributed by atoms with Gasteiger partial charge in [0.15, 0.2) is 0 Å². The van der Waals surface area contributed by atoms with Crippen LogP contribution in [0.15, 0.2) is 24.3 Å². The molecule has 1 atom stereocenters. The third-order valence-electron chi connectivity index (χ3n) is 3.03. The highest BCUT2D eigenvalue weighted by Crippen LogP contribution is 2.36. The zero-order valence-corrected chi connectivity index (χ0v) is 10.6. The van der Waals surface area contributed by atoms with Crippen molar-refractivity contribution in [3.63, 3.8) is 0 Å². The number of fused-ring (bicyclic) bond motifs is 1. The maximum atomic E-state index is 12.1. The summed E-state index contributed by atoms with van der Waals surface area (Å²) in [5.41, 5.74) is 1.81. The maximum Gasteiger partial charge on any atom is 0.245 e. The molecule has 0 saturated heterocycles. The molecule has 1 aliphatic heterocycles. The van der Waals surface area contributed by atoms with Gasteiger partial charge in [-0.1, -0.05) is 24.3 Å². The second-order valence-corrected chi connectivity index (χ2v) is 5.93. The minimum Gasteiger partial charge on any atom is -0.349 e. The van der Waals surface area contributed by atoms with E-state index in [2.05, 4.69) is 5.32 Å². The minimum absolute atomic E-state index is 0.121. The number of carbonyl (C=O) groups excluding carboxylic acids is 1. The lowest BCUT2D eigenvalue weighted by Crippen LogP contribution is -2.48. The van der Waals surface area contributed by atoms with E-state index in [1.165, 1.54) is 0 Å². The second kappa shape index (κ2) is 3.49. The molecule has 1 N–H and O–H groups in total. The van der Waals surface area contributed by atoms with Gasteiger partial charge in [0.2, 0.25) is 5.91 Å². The van der Waals surface area contributed by atoms with Gasteiger partial charge in [-0.15, -0.1) is 11.6 Å². The Bertz CT molecular complexity index is 437. The first-order chi connectivity index (χ1) is 7.33. The average molecular weight is 238 g/mol. The SMILES string of the molecule is CC1(C)Cc2ccccc2[C@@](C)(Cl)C(=O)N1. The van der Waals surface area contributed by atoms with E-state index in [0.717, 1.165) is 17.5 Å². The fourth-order valence-corrected chi connectivity index (χ4v) is 2.43. The summed E-state index contributed by atoms with van der Waals surface area (Å²) in [4.78, 5) is 11.1. The van der Waals surface area contributed by atoms with E-state index in [-0.39, 0.29) is 11.4 Å². The van der Waals surface area contributed by atoms with Crippen LogP contribution in [0.5, 0.6) is 0 Å². The molecule has 0 saturated carbocycles. The lowest BCUT2D eigenvalue weighted by molar-refractivity contribution is -0.124. The molecule has 1 amide bonds. The van der Waals surface area contributed by atoms with Crippen LogP contribution in [0.2, 0.25) is 0 Å². The third kappa shape index (κ3) is 1.82. The maximum absolute atomic E-state index is 12.1. The summed E-state index contributed by atoms with van der Waals surface area (Å²) in [7, 11) is 0. The van der Waals surface area contributed by atoms with E-state index in [1.54, 1.807) is 6.92 Å². The van der Waals surface area contributed by atoms with Crippen molar-refractivity contribution in [3.8, 4) is 0 Å². The van der Waals surface area contributed by atoms with Crippen molar-refractivity contribution in [1.82, 2.24) is 5.32 Å². The van der Waals surface area contributed by atoms with Crippen LogP contribution in [0.1, 0.15) is 31.9 Å². The summed E-state index contributed by atoms with van der Waals surface area (Å²) < 4.78 is 0. The Morgan fingerprint density at radius 2 is 1.88 bits per heavy atom. The molecule has 3 heteroatoms. The summed E-state index contributed by atoms with van der Waals surface area (Å²) >= 11 is 6.37. The molecule has 2 nitrogen and oxygen atoms in total. The van der Waals surface area contributed by atoms with Crippen molar-refractivity contribution in [2.24, 2.45) is 0 Å².